The summed E-state index contributed by atoms with van der Waals surface area (Å²) in [6, 6.07) is 15.1. The normalized spacial score (nSPS) is 10.9. The molecule has 28 heavy (non-hydrogen) atoms. The zero-order chi connectivity index (χ0) is 20.1. The molecule has 0 amide bonds. The number of benzene rings is 3. The highest BCUT2D eigenvalue weighted by atomic mass is 19.3. The van der Waals surface area contributed by atoms with Gasteiger partial charge in [-0.1, -0.05) is 37.3 Å². The maximum Gasteiger partial charge on any atom is 0.387 e. The van der Waals surface area contributed by atoms with Crippen LogP contribution < -0.4 is 9.47 Å². The molecule has 0 atom stereocenters. The topological polar surface area (TPSA) is 18.5 Å². The van der Waals surface area contributed by atoms with Gasteiger partial charge in [-0.05, 0) is 53.4 Å². The van der Waals surface area contributed by atoms with Crippen molar-refractivity contribution >= 4 is 0 Å². The van der Waals surface area contributed by atoms with E-state index in [-0.39, 0.29) is 0 Å². The van der Waals surface area contributed by atoms with Gasteiger partial charge in [-0.2, -0.15) is 8.78 Å². The molecule has 6 heteroatoms. The molecule has 0 radical (unpaired) electrons. The van der Waals surface area contributed by atoms with Gasteiger partial charge in [0.2, 0.25) is 0 Å². The van der Waals surface area contributed by atoms with Gasteiger partial charge in [0.25, 0.3) is 0 Å². The number of alkyl halides is 2. The fraction of sp³-hybridized carbons (Fsp3) is 0.182. The average Bonchev–Trinajstić information content (AvgIpc) is 2.68. The number of hydrogen-bond donors (Lipinski definition) is 0. The van der Waals surface area contributed by atoms with E-state index < -0.39 is 24.0 Å². The molecule has 146 valence electrons. The Labute approximate surface area is 160 Å². The first-order valence-electron chi connectivity index (χ1n) is 8.75. The van der Waals surface area contributed by atoms with Crippen LogP contribution in [-0.4, -0.2) is 13.2 Å². The standard InChI is InChI=1S/C22H18F4O2/c1-2-11-27-17-7-3-14(4-8-17)18-9-5-15(12-19(18)23)16-6-10-21(20(24)13-16)28-22(25)26/h3-10,12-13,22H,2,11H2,1H3. The lowest BCUT2D eigenvalue weighted by Gasteiger charge is -2.10. The Bertz CT molecular complexity index is 940. The molecule has 0 heterocycles. The van der Waals surface area contributed by atoms with E-state index in [1.165, 1.54) is 12.1 Å². The second-order valence-corrected chi connectivity index (χ2v) is 6.09. The molecule has 0 aromatic heterocycles. The largest absolute Gasteiger partial charge is 0.494 e. The van der Waals surface area contributed by atoms with Gasteiger partial charge in [0, 0.05) is 5.56 Å². The molecule has 0 aliphatic rings. The average molecular weight is 390 g/mol. The van der Waals surface area contributed by atoms with Crippen LogP contribution in [0, 0.1) is 11.6 Å². The summed E-state index contributed by atoms with van der Waals surface area (Å²) >= 11 is 0. The summed E-state index contributed by atoms with van der Waals surface area (Å²) in [4.78, 5) is 0. The minimum absolute atomic E-state index is 0.355. The van der Waals surface area contributed by atoms with Gasteiger partial charge in [-0.3, -0.25) is 0 Å². The Balaban J connectivity index is 1.83. The van der Waals surface area contributed by atoms with E-state index in [2.05, 4.69) is 4.74 Å². The Hall–Kier alpha value is -3.02. The molecule has 0 N–H and O–H groups in total. The highest BCUT2D eigenvalue weighted by Gasteiger charge is 2.13. The van der Waals surface area contributed by atoms with E-state index in [1.807, 2.05) is 6.92 Å². The van der Waals surface area contributed by atoms with Crippen LogP contribution in [0.1, 0.15) is 13.3 Å². The fourth-order valence-corrected chi connectivity index (χ4v) is 2.75. The molecule has 2 nitrogen and oxygen atoms in total. The maximum absolute atomic E-state index is 14.6. The molecular weight excluding hydrogens is 372 g/mol. The van der Waals surface area contributed by atoms with Crippen LogP contribution in [0.4, 0.5) is 17.6 Å². The third kappa shape index (κ3) is 4.63. The molecule has 0 saturated carbocycles. The summed E-state index contributed by atoms with van der Waals surface area (Å²) in [6.07, 6.45) is 0.897. The predicted octanol–water partition coefficient (Wildman–Crippen LogP) is 6.69. The minimum Gasteiger partial charge on any atom is -0.494 e. The van der Waals surface area contributed by atoms with Crippen molar-refractivity contribution in [3.8, 4) is 33.8 Å². The summed E-state index contributed by atoms with van der Waals surface area (Å²) in [6.45, 7) is -0.493. The molecule has 0 spiro atoms. The number of rotatable bonds is 7. The molecule has 3 aromatic rings. The smallest absolute Gasteiger partial charge is 0.387 e. The lowest BCUT2D eigenvalue weighted by molar-refractivity contribution is -0.0521. The van der Waals surface area contributed by atoms with Gasteiger partial charge in [0.05, 0.1) is 6.61 Å². The fourth-order valence-electron chi connectivity index (χ4n) is 2.75. The number of hydrogen-bond acceptors (Lipinski definition) is 2. The first-order valence-corrected chi connectivity index (χ1v) is 8.75. The van der Waals surface area contributed by atoms with Crippen molar-refractivity contribution in [1.82, 2.24) is 0 Å². The van der Waals surface area contributed by atoms with Crippen molar-refractivity contribution in [2.24, 2.45) is 0 Å². The lowest BCUT2D eigenvalue weighted by atomic mass is 9.99. The third-order valence-electron chi connectivity index (χ3n) is 4.09. The second-order valence-electron chi connectivity index (χ2n) is 6.09. The Morgan fingerprint density at radius 1 is 0.786 bits per heavy atom. The third-order valence-corrected chi connectivity index (χ3v) is 4.09. The summed E-state index contributed by atoms with van der Waals surface area (Å²) < 4.78 is 62.6. The maximum atomic E-state index is 14.6. The number of halogens is 4. The molecule has 0 bridgehead atoms. The van der Waals surface area contributed by atoms with Crippen molar-refractivity contribution in [2.75, 3.05) is 6.61 Å². The van der Waals surface area contributed by atoms with Crippen LogP contribution >= 0.6 is 0 Å². The van der Waals surface area contributed by atoms with Crippen molar-refractivity contribution in [1.29, 1.82) is 0 Å². The molecule has 0 fully saturated rings. The zero-order valence-electron chi connectivity index (χ0n) is 15.1. The highest BCUT2D eigenvalue weighted by Crippen LogP contribution is 2.31. The summed E-state index contributed by atoms with van der Waals surface area (Å²) in [5.74, 6) is -1.26. The van der Waals surface area contributed by atoms with E-state index in [9.17, 15) is 17.6 Å². The molecule has 0 aliphatic heterocycles. The molecule has 0 unspecified atom stereocenters. The van der Waals surface area contributed by atoms with E-state index in [1.54, 1.807) is 36.4 Å². The quantitative estimate of drug-likeness (QED) is 0.419. The summed E-state index contributed by atoms with van der Waals surface area (Å²) in [5, 5.41) is 0. The summed E-state index contributed by atoms with van der Waals surface area (Å²) in [5.41, 5.74) is 1.85. The van der Waals surface area contributed by atoms with E-state index in [0.29, 0.717) is 34.6 Å². The lowest BCUT2D eigenvalue weighted by Crippen LogP contribution is -2.03. The predicted molar refractivity (Wildman–Crippen MR) is 99.6 cm³/mol. The van der Waals surface area contributed by atoms with E-state index in [4.69, 9.17) is 4.74 Å². The monoisotopic (exact) mass is 390 g/mol. The van der Waals surface area contributed by atoms with E-state index in [0.717, 1.165) is 18.6 Å². The van der Waals surface area contributed by atoms with Crippen molar-refractivity contribution in [2.45, 2.75) is 20.0 Å². The van der Waals surface area contributed by atoms with Crippen LogP contribution in [-0.2, 0) is 0 Å². The minimum atomic E-state index is -3.11. The molecule has 3 aromatic carbocycles. The Morgan fingerprint density at radius 2 is 1.39 bits per heavy atom. The van der Waals surface area contributed by atoms with Crippen LogP contribution in [0.5, 0.6) is 11.5 Å². The first-order chi connectivity index (χ1) is 13.5. The van der Waals surface area contributed by atoms with Crippen molar-refractivity contribution in [3.63, 3.8) is 0 Å². The highest BCUT2D eigenvalue weighted by molar-refractivity contribution is 5.71. The van der Waals surface area contributed by atoms with Gasteiger partial charge in [-0.25, -0.2) is 8.78 Å². The SMILES string of the molecule is CCCOc1ccc(-c2ccc(-c3ccc(OC(F)F)c(F)c3)cc2F)cc1. The molecule has 0 saturated heterocycles. The van der Waals surface area contributed by atoms with Gasteiger partial charge < -0.3 is 9.47 Å². The molecular formula is C22H18F4O2. The van der Waals surface area contributed by atoms with E-state index >= 15 is 0 Å². The zero-order valence-corrected chi connectivity index (χ0v) is 15.1. The molecule has 0 aliphatic carbocycles. The summed E-state index contributed by atoms with van der Waals surface area (Å²) in [7, 11) is 0. The van der Waals surface area contributed by atoms with Crippen molar-refractivity contribution in [3.05, 3.63) is 72.3 Å². The van der Waals surface area contributed by atoms with Crippen LogP contribution in [0.3, 0.4) is 0 Å². The Morgan fingerprint density at radius 3 is 1.96 bits per heavy atom. The van der Waals surface area contributed by atoms with Crippen LogP contribution in [0.25, 0.3) is 22.3 Å². The Kier molecular flexibility index (Phi) is 6.19. The molecule has 3 rings (SSSR count). The van der Waals surface area contributed by atoms with Gasteiger partial charge in [0.15, 0.2) is 11.6 Å². The second kappa shape index (κ2) is 8.78. The van der Waals surface area contributed by atoms with Gasteiger partial charge in [-0.15, -0.1) is 0 Å². The first kappa shape index (κ1) is 19.7. The van der Waals surface area contributed by atoms with Crippen molar-refractivity contribution < 1.29 is 27.0 Å². The van der Waals surface area contributed by atoms with Gasteiger partial charge in [0.1, 0.15) is 11.6 Å². The number of ether oxygens (including phenoxy) is 2. The van der Waals surface area contributed by atoms with Crippen LogP contribution in [0.15, 0.2) is 60.7 Å². The van der Waals surface area contributed by atoms with Crippen LogP contribution in [0.2, 0.25) is 0 Å². The van der Waals surface area contributed by atoms with Gasteiger partial charge >= 0.3 is 6.61 Å².